The molecular formula is C19H23ClN4O. The minimum atomic E-state index is -0.0830. The number of nitrogens with one attached hydrogen (secondary N) is 3. The lowest BCUT2D eigenvalue weighted by atomic mass is 10.2. The van der Waals surface area contributed by atoms with E-state index in [0.29, 0.717) is 36.2 Å². The molecule has 2 aromatic rings. The Hall–Kier alpha value is -2.53. The summed E-state index contributed by atoms with van der Waals surface area (Å²) in [7, 11) is 0. The van der Waals surface area contributed by atoms with Gasteiger partial charge in [-0.05, 0) is 30.7 Å². The molecule has 0 atom stereocenters. The van der Waals surface area contributed by atoms with E-state index in [1.165, 1.54) is 0 Å². The van der Waals surface area contributed by atoms with Crippen molar-refractivity contribution in [1.29, 1.82) is 0 Å². The van der Waals surface area contributed by atoms with Gasteiger partial charge >= 0.3 is 0 Å². The summed E-state index contributed by atoms with van der Waals surface area (Å²) in [4.78, 5) is 16.5. The van der Waals surface area contributed by atoms with E-state index >= 15 is 0 Å². The van der Waals surface area contributed by atoms with Crippen LogP contribution >= 0.6 is 11.6 Å². The van der Waals surface area contributed by atoms with Gasteiger partial charge in [0.25, 0.3) is 5.91 Å². The van der Waals surface area contributed by atoms with E-state index in [2.05, 4.69) is 20.9 Å². The largest absolute Gasteiger partial charge is 0.357 e. The van der Waals surface area contributed by atoms with Crippen LogP contribution in [0.25, 0.3) is 0 Å². The molecular weight excluding hydrogens is 336 g/mol. The van der Waals surface area contributed by atoms with E-state index in [1.54, 1.807) is 12.1 Å². The van der Waals surface area contributed by atoms with Crippen molar-refractivity contribution in [3.05, 3.63) is 70.7 Å². The Kier molecular flexibility index (Phi) is 7.79. The van der Waals surface area contributed by atoms with Gasteiger partial charge < -0.3 is 16.0 Å². The summed E-state index contributed by atoms with van der Waals surface area (Å²) in [5, 5.41) is 9.95. The highest BCUT2D eigenvalue weighted by molar-refractivity contribution is 6.31. The highest BCUT2D eigenvalue weighted by Crippen LogP contribution is 2.15. The van der Waals surface area contributed by atoms with Crippen molar-refractivity contribution < 1.29 is 4.79 Å². The Morgan fingerprint density at radius 1 is 0.960 bits per heavy atom. The van der Waals surface area contributed by atoms with Gasteiger partial charge in [0, 0.05) is 30.2 Å². The van der Waals surface area contributed by atoms with E-state index in [1.807, 2.05) is 49.4 Å². The summed E-state index contributed by atoms with van der Waals surface area (Å²) in [6.07, 6.45) is 0. The standard InChI is InChI=1S/C19H23ClN4O/c1-2-21-19(24-14-16-10-6-7-11-17(16)20)23-13-12-22-18(25)15-8-4-3-5-9-15/h3-11H,2,12-14H2,1H3,(H,22,25)(H2,21,23,24). The van der Waals surface area contributed by atoms with E-state index in [-0.39, 0.29) is 5.91 Å². The van der Waals surface area contributed by atoms with Gasteiger partial charge in [0.05, 0.1) is 6.54 Å². The van der Waals surface area contributed by atoms with Gasteiger partial charge in [-0.15, -0.1) is 0 Å². The van der Waals surface area contributed by atoms with Crippen LogP contribution in [0.1, 0.15) is 22.8 Å². The molecule has 0 spiro atoms. The number of hydrogen-bond acceptors (Lipinski definition) is 2. The smallest absolute Gasteiger partial charge is 0.251 e. The lowest BCUT2D eigenvalue weighted by Crippen LogP contribution is -2.41. The zero-order chi connectivity index (χ0) is 17.9. The van der Waals surface area contributed by atoms with E-state index in [0.717, 1.165) is 12.1 Å². The molecule has 3 N–H and O–H groups in total. The summed E-state index contributed by atoms with van der Waals surface area (Å²) in [6.45, 7) is 4.33. The molecule has 2 aromatic carbocycles. The van der Waals surface area contributed by atoms with Gasteiger partial charge in [-0.25, -0.2) is 4.99 Å². The van der Waals surface area contributed by atoms with Crippen molar-refractivity contribution in [2.75, 3.05) is 19.6 Å². The first kappa shape index (κ1) is 18.8. The molecule has 0 saturated heterocycles. The van der Waals surface area contributed by atoms with Crippen molar-refractivity contribution in [2.45, 2.75) is 13.5 Å². The molecule has 0 unspecified atom stereocenters. The fourth-order valence-corrected chi connectivity index (χ4v) is 2.38. The molecule has 0 aliphatic heterocycles. The van der Waals surface area contributed by atoms with Crippen LogP contribution in [0, 0.1) is 0 Å². The quantitative estimate of drug-likeness (QED) is 0.405. The number of hydrogen-bond donors (Lipinski definition) is 3. The zero-order valence-corrected chi connectivity index (χ0v) is 15.0. The number of carbonyl (C=O) groups excluding carboxylic acids is 1. The monoisotopic (exact) mass is 358 g/mol. The molecule has 0 aromatic heterocycles. The van der Waals surface area contributed by atoms with Crippen LogP contribution in [0.2, 0.25) is 5.02 Å². The number of aliphatic imine (C=N–C) groups is 1. The SMILES string of the molecule is CCNC(=NCc1ccccc1Cl)NCCNC(=O)c1ccccc1. The Morgan fingerprint density at radius 3 is 2.36 bits per heavy atom. The van der Waals surface area contributed by atoms with Crippen molar-refractivity contribution in [3.8, 4) is 0 Å². The third-order valence-electron chi connectivity index (χ3n) is 3.45. The van der Waals surface area contributed by atoms with Crippen LogP contribution in [-0.4, -0.2) is 31.5 Å². The van der Waals surface area contributed by atoms with Crippen LogP contribution in [0.4, 0.5) is 0 Å². The first-order chi connectivity index (χ1) is 12.2. The maximum absolute atomic E-state index is 12.0. The number of carbonyl (C=O) groups is 1. The van der Waals surface area contributed by atoms with Gasteiger partial charge in [-0.1, -0.05) is 48.0 Å². The maximum atomic E-state index is 12.0. The molecule has 6 heteroatoms. The second-order valence-electron chi connectivity index (χ2n) is 5.34. The van der Waals surface area contributed by atoms with Gasteiger partial charge in [0.2, 0.25) is 0 Å². The molecule has 25 heavy (non-hydrogen) atoms. The molecule has 0 fully saturated rings. The molecule has 1 amide bonds. The third-order valence-corrected chi connectivity index (χ3v) is 3.82. The molecule has 0 aliphatic carbocycles. The van der Waals surface area contributed by atoms with Crippen LogP contribution in [0.15, 0.2) is 59.6 Å². The molecule has 132 valence electrons. The van der Waals surface area contributed by atoms with Crippen molar-refractivity contribution in [3.63, 3.8) is 0 Å². The summed E-state index contributed by atoms with van der Waals surface area (Å²) in [6, 6.07) is 16.8. The van der Waals surface area contributed by atoms with E-state index in [4.69, 9.17) is 11.6 Å². The lowest BCUT2D eigenvalue weighted by molar-refractivity contribution is 0.0954. The number of nitrogens with zero attached hydrogens (tertiary/aromatic N) is 1. The summed E-state index contributed by atoms with van der Waals surface area (Å²) >= 11 is 6.15. The minimum absolute atomic E-state index is 0.0830. The fraction of sp³-hybridized carbons (Fsp3) is 0.263. The third kappa shape index (κ3) is 6.47. The number of halogens is 1. The van der Waals surface area contributed by atoms with Crippen molar-refractivity contribution in [1.82, 2.24) is 16.0 Å². The minimum Gasteiger partial charge on any atom is -0.357 e. The predicted molar refractivity (Wildman–Crippen MR) is 103 cm³/mol. The Bertz CT molecular complexity index is 704. The predicted octanol–water partition coefficient (Wildman–Crippen LogP) is 2.83. The Balaban J connectivity index is 1.80. The Morgan fingerprint density at radius 2 is 1.64 bits per heavy atom. The van der Waals surface area contributed by atoms with Gasteiger partial charge in [-0.3, -0.25) is 4.79 Å². The van der Waals surface area contributed by atoms with Crippen molar-refractivity contribution in [2.24, 2.45) is 4.99 Å². The molecule has 5 nitrogen and oxygen atoms in total. The lowest BCUT2D eigenvalue weighted by Gasteiger charge is -2.12. The number of rotatable bonds is 7. The molecule has 0 saturated carbocycles. The fourth-order valence-electron chi connectivity index (χ4n) is 2.18. The normalized spacial score (nSPS) is 11.0. The number of guanidine groups is 1. The highest BCUT2D eigenvalue weighted by Gasteiger charge is 2.04. The first-order valence-electron chi connectivity index (χ1n) is 8.29. The molecule has 0 heterocycles. The molecule has 0 bridgehead atoms. The number of benzene rings is 2. The average Bonchev–Trinajstić information content (AvgIpc) is 2.64. The van der Waals surface area contributed by atoms with Crippen LogP contribution in [0.5, 0.6) is 0 Å². The van der Waals surface area contributed by atoms with Crippen molar-refractivity contribution >= 4 is 23.5 Å². The summed E-state index contributed by atoms with van der Waals surface area (Å²) in [5.74, 6) is 0.608. The van der Waals surface area contributed by atoms with E-state index in [9.17, 15) is 4.79 Å². The summed E-state index contributed by atoms with van der Waals surface area (Å²) < 4.78 is 0. The molecule has 0 aliphatic rings. The maximum Gasteiger partial charge on any atom is 0.251 e. The van der Waals surface area contributed by atoms with Gasteiger partial charge in [0.15, 0.2) is 5.96 Å². The first-order valence-corrected chi connectivity index (χ1v) is 8.67. The second-order valence-corrected chi connectivity index (χ2v) is 5.74. The average molecular weight is 359 g/mol. The second kappa shape index (κ2) is 10.4. The zero-order valence-electron chi connectivity index (χ0n) is 14.3. The van der Waals surface area contributed by atoms with Crippen LogP contribution in [0.3, 0.4) is 0 Å². The molecule has 2 rings (SSSR count). The van der Waals surface area contributed by atoms with Crippen LogP contribution < -0.4 is 16.0 Å². The molecule has 0 radical (unpaired) electrons. The highest BCUT2D eigenvalue weighted by atomic mass is 35.5. The Labute approximate surface area is 153 Å². The van der Waals surface area contributed by atoms with Gasteiger partial charge in [0.1, 0.15) is 0 Å². The topological polar surface area (TPSA) is 65.5 Å². The summed E-state index contributed by atoms with van der Waals surface area (Å²) in [5.41, 5.74) is 1.63. The number of amides is 1. The van der Waals surface area contributed by atoms with E-state index < -0.39 is 0 Å². The van der Waals surface area contributed by atoms with Crippen LogP contribution in [-0.2, 0) is 6.54 Å². The van der Waals surface area contributed by atoms with Gasteiger partial charge in [-0.2, -0.15) is 0 Å².